The summed E-state index contributed by atoms with van der Waals surface area (Å²) < 4.78 is 0. The van der Waals surface area contributed by atoms with Crippen LogP contribution in [0.15, 0.2) is 41.3 Å². The number of aryl methyl sites for hydroxylation is 1. The number of benzene rings is 1. The highest BCUT2D eigenvalue weighted by Gasteiger charge is 2.04. The second-order valence-electron chi connectivity index (χ2n) is 4.15. The van der Waals surface area contributed by atoms with Gasteiger partial charge in [-0.25, -0.2) is 4.79 Å². The van der Waals surface area contributed by atoms with Gasteiger partial charge in [-0.05, 0) is 54.1 Å². The predicted octanol–water partition coefficient (Wildman–Crippen LogP) is 4.21. The quantitative estimate of drug-likeness (QED) is 0.837. The Kier molecular flexibility index (Phi) is 3.63. The summed E-state index contributed by atoms with van der Waals surface area (Å²) in [6.45, 7) is 3.69. The minimum absolute atomic E-state index is 0.342. The first-order chi connectivity index (χ1) is 8.58. The van der Waals surface area contributed by atoms with E-state index in [1.165, 1.54) is 10.4 Å². The molecule has 0 radical (unpaired) electrons. The Balaban J connectivity index is 2.40. The zero-order chi connectivity index (χ0) is 13.1. The molecule has 0 fully saturated rings. The van der Waals surface area contributed by atoms with E-state index in [2.05, 4.69) is 18.4 Å². The molecule has 0 spiro atoms. The van der Waals surface area contributed by atoms with Crippen molar-refractivity contribution < 1.29 is 9.90 Å². The van der Waals surface area contributed by atoms with Crippen LogP contribution in [0.25, 0.3) is 17.2 Å². The highest BCUT2D eigenvalue weighted by atomic mass is 32.1. The molecule has 0 aliphatic carbocycles. The van der Waals surface area contributed by atoms with Crippen molar-refractivity contribution in [3.05, 3.63) is 51.7 Å². The van der Waals surface area contributed by atoms with E-state index in [1.54, 1.807) is 24.3 Å². The van der Waals surface area contributed by atoms with Crippen molar-refractivity contribution >= 4 is 23.4 Å². The molecular weight excluding hydrogens is 244 g/mol. The average Bonchev–Trinajstić information content (AvgIpc) is 2.75. The minimum Gasteiger partial charge on any atom is -0.478 e. The summed E-state index contributed by atoms with van der Waals surface area (Å²) in [5, 5.41) is 10.9. The van der Waals surface area contributed by atoms with Crippen LogP contribution in [0.3, 0.4) is 0 Å². The Hall–Kier alpha value is -1.87. The van der Waals surface area contributed by atoms with Crippen molar-refractivity contribution in [2.24, 2.45) is 0 Å². The van der Waals surface area contributed by atoms with Gasteiger partial charge < -0.3 is 5.11 Å². The van der Waals surface area contributed by atoms with Gasteiger partial charge in [0.05, 0.1) is 0 Å². The van der Waals surface area contributed by atoms with Gasteiger partial charge in [0.2, 0.25) is 0 Å². The Morgan fingerprint density at radius 3 is 2.72 bits per heavy atom. The number of thiophene rings is 1. The third-order valence-corrected chi connectivity index (χ3v) is 3.62. The van der Waals surface area contributed by atoms with Gasteiger partial charge in [-0.2, -0.15) is 0 Å². The molecule has 0 unspecified atom stereocenters. The molecule has 92 valence electrons. The minimum atomic E-state index is -0.882. The summed E-state index contributed by atoms with van der Waals surface area (Å²) in [4.78, 5) is 12.1. The van der Waals surface area contributed by atoms with Crippen LogP contribution < -0.4 is 0 Å². The molecule has 1 N–H and O–H groups in total. The molecule has 1 aromatic heterocycles. The van der Waals surface area contributed by atoms with E-state index in [0.29, 0.717) is 5.57 Å². The predicted molar refractivity (Wildman–Crippen MR) is 75.8 cm³/mol. The lowest BCUT2D eigenvalue weighted by Crippen LogP contribution is -1.95. The maximum absolute atomic E-state index is 10.8. The normalized spacial score (nSPS) is 11.6. The van der Waals surface area contributed by atoms with Gasteiger partial charge in [-0.1, -0.05) is 18.2 Å². The van der Waals surface area contributed by atoms with Crippen LogP contribution in [0.4, 0.5) is 0 Å². The van der Waals surface area contributed by atoms with Crippen molar-refractivity contribution in [3.63, 3.8) is 0 Å². The van der Waals surface area contributed by atoms with Gasteiger partial charge >= 0.3 is 5.97 Å². The zero-order valence-corrected chi connectivity index (χ0v) is 11.1. The molecule has 2 nitrogen and oxygen atoms in total. The van der Waals surface area contributed by atoms with Gasteiger partial charge in [0.1, 0.15) is 0 Å². The first-order valence-electron chi connectivity index (χ1n) is 5.64. The first-order valence-corrected chi connectivity index (χ1v) is 6.52. The Labute approximate surface area is 110 Å². The van der Waals surface area contributed by atoms with Gasteiger partial charge in [0.25, 0.3) is 0 Å². The van der Waals surface area contributed by atoms with Crippen molar-refractivity contribution in [2.45, 2.75) is 13.8 Å². The number of hydrogen-bond acceptors (Lipinski definition) is 2. The van der Waals surface area contributed by atoms with Crippen molar-refractivity contribution in [3.8, 4) is 11.1 Å². The molecule has 1 aromatic carbocycles. The average molecular weight is 258 g/mol. The summed E-state index contributed by atoms with van der Waals surface area (Å²) in [7, 11) is 0. The van der Waals surface area contributed by atoms with Crippen LogP contribution in [-0.4, -0.2) is 11.1 Å². The third kappa shape index (κ3) is 2.68. The molecule has 2 aromatic rings. The van der Waals surface area contributed by atoms with Gasteiger partial charge in [0.15, 0.2) is 0 Å². The molecule has 0 amide bonds. The van der Waals surface area contributed by atoms with Crippen molar-refractivity contribution in [1.29, 1.82) is 0 Å². The molecule has 0 saturated carbocycles. The largest absolute Gasteiger partial charge is 0.478 e. The number of hydrogen-bond donors (Lipinski definition) is 1. The lowest BCUT2D eigenvalue weighted by atomic mass is 10.0. The Morgan fingerprint density at radius 1 is 1.33 bits per heavy atom. The van der Waals surface area contributed by atoms with E-state index in [-0.39, 0.29) is 0 Å². The van der Waals surface area contributed by atoms with Gasteiger partial charge in [0, 0.05) is 10.5 Å². The molecule has 18 heavy (non-hydrogen) atoms. The van der Waals surface area contributed by atoms with E-state index in [9.17, 15) is 4.79 Å². The molecule has 0 saturated heterocycles. The second-order valence-corrected chi connectivity index (χ2v) is 5.27. The summed E-state index contributed by atoms with van der Waals surface area (Å²) in [5.74, 6) is -0.882. The summed E-state index contributed by atoms with van der Waals surface area (Å²) >= 11 is 1.71. The molecule has 3 heteroatoms. The highest BCUT2D eigenvalue weighted by molar-refractivity contribution is 7.10. The summed E-state index contributed by atoms with van der Waals surface area (Å²) in [5.41, 5.74) is 3.59. The number of aliphatic carboxylic acids is 1. The standard InChI is InChI=1S/C15H14O2S/c1-10(15(16)17)8-12-4-3-5-13(9-12)14-6-7-18-11(14)2/h3-9H,1-2H3,(H,16,17)/b10-8+. The van der Waals surface area contributed by atoms with Crippen LogP contribution in [0.1, 0.15) is 17.4 Å². The van der Waals surface area contributed by atoms with Crippen molar-refractivity contribution in [2.75, 3.05) is 0 Å². The molecule has 0 aliphatic heterocycles. The number of carboxylic acids is 1. The number of carbonyl (C=O) groups is 1. The van der Waals surface area contributed by atoms with E-state index in [4.69, 9.17) is 5.11 Å². The number of carboxylic acid groups (broad SMARTS) is 1. The first kappa shape index (κ1) is 12.6. The fourth-order valence-corrected chi connectivity index (χ4v) is 2.51. The highest BCUT2D eigenvalue weighted by Crippen LogP contribution is 2.28. The lowest BCUT2D eigenvalue weighted by Gasteiger charge is -2.02. The topological polar surface area (TPSA) is 37.3 Å². The number of rotatable bonds is 3. The Bertz CT molecular complexity index is 608. The fourth-order valence-electron chi connectivity index (χ4n) is 1.79. The molecule has 0 aliphatic rings. The molecular formula is C15H14O2S. The molecule has 1 heterocycles. The smallest absolute Gasteiger partial charge is 0.331 e. The molecule has 2 rings (SSSR count). The van der Waals surface area contributed by atoms with Crippen LogP contribution in [0.2, 0.25) is 0 Å². The maximum atomic E-state index is 10.8. The van der Waals surface area contributed by atoms with E-state index >= 15 is 0 Å². The monoisotopic (exact) mass is 258 g/mol. The Morgan fingerprint density at radius 2 is 2.11 bits per heavy atom. The van der Waals surface area contributed by atoms with E-state index in [0.717, 1.165) is 11.1 Å². The lowest BCUT2D eigenvalue weighted by molar-refractivity contribution is -0.132. The third-order valence-electron chi connectivity index (χ3n) is 2.78. The zero-order valence-electron chi connectivity index (χ0n) is 10.3. The second kappa shape index (κ2) is 5.19. The molecule has 0 bridgehead atoms. The summed E-state index contributed by atoms with van der Waals surface area (Å²) in [6.07, 6.45) is 1.69. The van der Waals surface area contributed by atoms with Crippen molar-refractivity contribution in [1.82, 2.24) is 0 Å². The summed E-state index contributed by atoms with van der Waals surface area (Å²) in [6, 6.07) is 10.0. The van der Waals surface area contributed by atoms with Crippen LogP contribution >= 0.6 is 11.3 Å². The SMILES string of the molecule is C/C(=C\c1cccc(-c2ccsc2C)c1)C(=O)O. The van der Waals surface area contributed by atoms with Gasteiger partial charge in [-0.15, -0.1) is 11.3 Å². The van der Waals surface area contributed by atoms with Gasteiger partial charge in [-0.3, -0.25) is 0 Å². The van der Waals surface area contributed by atoms with Crippen LogP contribution in [0.5, 0.6) is 0 Å². The molecule has 0 atom stereocenters. The maximum Gasteiger partial charge on any atom is 0.331 e. The van der Waals surface area contributed by atoms with Crippen LogP contribution in [0, 0.1) is 6.92 Å². The van der Waals surface area contributed by atoms with E-state index < -0.39 is 5.97 Å². The fraction of sp³-hybridized carbons (Fsp3) is 0.133. The van der Waals surface area contributed by atoms with Crippen LogP contribution in [-0.2, 0) is 4.79 Å². The van der Waals surface area contributed by atoms with E-state index in [1.807, 2.05) is 24.3 Å².